The molecule has 0 radical (unpaired) electrons. The predicted octanol–water partition coefficient (Wildman–Crippen LogP) is 1.51. The first kappa shape index (κ1) is 14.2. The van der Waals surface area contributed by atoms with E-state index in [-0.39, 0.29) is 12.5 Å². The summed E-state index contributed by atoms with van der Waals surface area (Å²) in [5.74, 6) is -0.320. The van der Waals surface area contributed by atoms with Crippen molar-refractivity contribution >= 4 is 5.91 Å². The van der Waals surface area contributed by atoms with Crippen molar-refractivity contribution in [1.82, 2.24) is 5.32 Å². The Balaban J connectivity index is 2.08. The zero-order valence-corrected chi connectivity index (χ0v) is 10.9. The molecule has 3 N–H and O–H groups in total. The maximum atomic E-state index is 12.0. The molecule has 2 aromatic carbocycles. The van der Waals surface area contributed by atoms with Crippen LogP contribution >= 0.6 is 0 Å². The Hall–Kier alpha value is -2.17. The number of hydrogen-bond donors (Lipinski definition) is 3. The molecule has 0 aliphatic carbocycles. The lowest BCUT2D eigenvalue weighted by molar-refractivity contribution is 0.0703. The summed E-state index contributed by atoms with van der Waals surface area (Å²) in [6.07, 6.45) is -0.950. The molecule has 1 amide bonds. The van der Waals surface area contributed by atoms with E-state index in [4.69, 9.17) is 0 Å². The number of hydrogen-bond acceptors (Lipinski definition) is 3. The third-order valence-electron chi connectivity index (χ3n) is 3.07. The quantitative estimate of drug-likeness (QED) is 0.772. The highest BCUT2D eigenvalue weighted by Crippen LogP contribution is 2.16. The van der Waals surface area contributed by atoms with Gasteiger partial charge >= 0.3 is 0 Å². The highest BCUT2D eigenvalue weighted by Gasteiger charge is 2.22. The molecule has 0 saturated heterocycles. The zero-order chi connectivity index (χ0) is 14.4. The molecule has 0 spiro atoms. The highest BCUT2D eigenvalue weighted by molar-refractivity contribution is 5.94. The van der Waals surface area contributed by atoms with E-state index in [9.17, 15) is 15.0 Å². The molecule has 0 bridgehead atoms. The maximum Gasteiger partial charge on any atom is 0.251 e. The average Bonchev–Trinajstić information content (AvgIpc) is 2.53. The van der Waals surface area contributed by atoms with Gasteiger partial charge in [0.25, 0.3) is 5.91 Å². The molecule has 4 nitrogen and oxygen atoms in total. The SMILES string of the molecule is O=C(N[C@@H](CO)[C@H](O)c1ccccc1)c1ccccc1. The molecule has 0 aliphatic rings. The molecule has 20 heavy (non-hydrogen) atoms. The van der Waals surface area contributed by atoms with Gasteiger partial charge in [0.2, 0.25) is 0 Å². The average molecular weight is 271 g/mol. The van der Waals surface area contributed by atoms with Gasteiger partial charge in [-0.25, -0.2) is 0 Å². The summed E-state index contributed by atoms with van der Waals surface area (Å²) >= 11 is 0. The molecule has 2 aromatic rings. The van der Waals surface area contributed by atoms with Crippen LogP contribution in [-0.4, -0.2) is 28.8 Å². The maximum absolute atomic E-state index is 12.0. The van der Waals surface area contributed by atoms with Gasteiger partial charge in [0.05, 0.1) is 12.6 Å². The van der Waals surface area contributed by atoms with Gasteiger partial charge in [0.1, 0.15) is 6.10 Å². The summed E-state index contributed by atoms with van der Waals surface area (Å²) in [6.45, 7) is -0.339. The van der Waals surface area contributed by atoms with Gasteiger partial charge in [-0.3, -0.25) is 4.79 Å². The summed E-state index contributed by atoms with van der Waals surface area (Å²) in [4.78, 5) is 12.0. The lowest BCUT2D eigenvalue weighted by atomic mass is 10.0. The Kier molecular flexibility index (Phi) is 4.87. The molecular formula is C16H17NO3. The number of carbonyl (C=O) groups is 1. The molecule has 104 valence electrons. The smallest absolute Gasteiger partial charge is 0.251 e. The van der Waals surface area contributed by atoms with Crippen LogP contribution in [0.3, 0.4) is 0 Å². The van der Waals surface area contributed by atoms with Crippen molar-refractivity contribution in [3.8, 4) is 0 Å². The van der Waals surface area contributed by atoms with E-state index in [0.29, 0.717) is 11.1 Å². The lowest BCUT2D eigenvalue weighted by Gasteiger charge is -2.22. The first-order valence-corrected chi connectivity index (χ1v) is 6.42. The largest absolute Gasteiger partial charge is 0.394 e. The molecule has 0 aliphatic heterocycles. The third kappa shape index (κ3) is 3.44. The Morgan fingerprint density at radius 3 is 2.10 bits per heavy atom. The molecule has 0 saturated carbocycles. The van der Waals surface area contributed by atoms with E-state index in [1.165, 1.54) is 0 Å². The summed E-state index contributed by atoms with van der Waals surface area (Å²) in [6, 6.07) is 16.9. The van der Waals surface area contributed by atoms with Crippen LogP contribution in [0.5, 0.6) is 0 Å². The van der Waals surface area contributed by atoms with Crippen LogP contribution in [0, 0.1) is 0 Å². The summed E-state index contributed by atoms with van der Waals surface area (Å²) < 4.78 is 0. The molecule has 0 heterocycles. The molecule has 0 unspecified atom stereocenters. The van der Waals surface area contributed by atoms with Crippen LogP contribution in [0.1, 0.15) is 22.0 Å². The molecule has 4 heteroatoms. The number of amides is 1. The van der Waals surface area contributed by atoms with Gasteiger partial charge in [-0.15, -0.1) is 0 Å². The van der Waals surface area contributed by atoms with Gasteiger partial charge in [0, 0.05) is 5.56 Å². The highest BCUT2D eigenvalue weighted by atomic mass is 16.3. The standard InChI is InChI=1S/C16H17NO3/c18-11-14(15(19)12-7-3-1-4-8-12)17-16(20)13-9-5-2-6-10-13/h1-10,14-15,18-19H,11H2,(H,17,20)/t14-,15+/m0/s1. The van der Waals surface area contributed by atoms with E-state index >= 15 is 0 Å². The van der Waals surface area contributed by atoms with Crippen LogP contribution in [0.4, 0.5) is 0 Å². The van der Waals surface area contributed by atoms with Gasteiger partial charge in [0.15, 0.2) is 0 Å². The Morgan fingerprint density at radius 1 is 1.00 bits per heavy atom. The van der Waals surface area contributed by atoms with Crippen molar-refractivity contribution in [2.75, 3.05) is 6.61 Å². The van der Waals surface area contributed by atoms with E-state index in [0.717, 1.165) is 0 Å². The number of aliphatic hydroxyl groups excluding tert-OH is 2. The Labute approximate surface area is 117 Å². The number of rotatable bonds is 5. The first-order valence-electron chi connectivity index (χ1n) is 6.42. The van der Waals surface area contributed by atoms with Crippen molar-refractivity contribution in [1.29, 1.82) is 0 Å². The van der Waals surface area contributed by atoms with Crippen molar-refractivity contribution in [2.45, 2.75) is 12.1 Å². The molecule has 2 rings (SSSR count). The van der Waals surface area contributed by atoms with E-state index in [1.807, 2.05) is 12.1 Å². The van der Waals surface area contributed by atoms with Crippen LogP contribution in [0.25, 0.3) is 0 Å². The number of carbonyl (C=O) groups excluding carboxylic acids is 1. The van der Waals surface area contributed by atoms with Crippen molar-refractivity contribution < 1.29 is 15.0 Å². The fraction of sp³-hybridized carbons (Fsp3) is 0.188. The van der Waals surface area contributed by atoms with Crippen LogP contribution < -0.4 is 5.32 Å². The van der Waals surface area contributed by atoms with Crippen molar-refractivity contribution in [2.24, 2.45) is 0 Å². The number of nitrogens with one attached hydrogen (secondary N) is 1. The molecule has 0 fully saturated rings. The summed E-state index contributed by atoms with van der Waals surface area (Å²) in [5, 5.41) is 22.2. The molecular weight excluding hydrogens is 254 g/mol. The van der Waals surface area contributed by atoms with Gasteiger partial charge < -0.3 is 15.5 Å². The molecule has 0 aromatic heterocycles. The fourth-order valence-corrected chi connectivity index (χ4v) is 1.95. The summed E-state index contributed by atoms with van der Waals surface area (Å²) in [7, 11) is 0. The summed E-state index contributed by atoms with van der Waals surface area (Å²) in [5.41, 5.74) is 1.14. The topological polar surface area (TPSA) is 69.6 Å². The zero-order valence-electron chi connectivity index (χ0n) is 10.9. The second kappa shape index (κ2) is 6.84. The fourth-order valence-electron chi connectivity index (χ4n) is 1.95. The first-order chi connectivity index (χ1) is 9.72. The second-order valence-corrected chi connectivity index (χ2v) is 4.48. The van der Waals surface area contributed by atoms with E-state index in [2.05, 4.69) is 5.32 Å². The van der Waals surface area contributed by atoms with Gasteiger partial charge in [-0.1, -0.05) is 48.5 Å². The van der Waals surface area contributed by atoms with Crippen LogP contribution in [-0.2, 0) is 0 Å². The van der Waals surface area contributed by atoms with Crippen molar-refractivity contribution in [3.05, 3.63) is 71.8 Å². The Bertz CT molecular complexity index is 542. The molecule has 2 atom stereocenters. The normalized spacial score (nSPS) is 13.5. The van der Waals surface area contributed by atoms with E-state index in [1.54, 1.807) is 48.5 Å². The van der Waals surface area contributed by atoms with Gasteiger partial charge in [-0.05, 0) is 17.7 Å². The number of aliphatic hydroxyl groups is 2. The van der Waals surface area contributed by atoms with Crippen LogP contribution in [0.15, 0.2) is 60.7 Å². The predicted molar refractivity (Wildman–Crippen MR) is 76.2 cm³/mol. The Morgan fingerprint density at radius 2 is 1.55 bits per heavy atom. The monoisotopic (exact) mass is 271 g/mol. The third-order valence-corrected chi connectivity index (χ3v) is 3.07. The second-order valence-electron chi connectivity index (χ2n) is 4.48. The van der Waals surface area contributed by atoms with E-state index < -0.39 is 12.1 Å². The minimum Gasteiger partial charge on any atom is -0.394 e. The van der Waals surface area contributed by atoms with Crippen LogP contribution in [0.2, 0.25) is 0 Å². The minimum atomic E-state index is -0.950. The number of benzene rings is 2. The minimum absolute atomic E-state index is 0.320. The van der Waals surface area contributed by atoms with Crippen molar-refractivity contribution in [3.63, 3.8) is 0 Å². The van der Waals surface area contributed by atoms with Gasteiger partial charge in [-0.2, -0.15) is 0 Å². The lowest BCUT2D eigenvalue weighted by Crippen LogP contribution is -2.41.